The van der Waals surface area contributed by atoms with Gasteiger partial charge in [-0.15, -0.1) is 0 Å². The molecule has 1 aromatic carbocycles. The van der Waals surface area contributed by atoms with E-state index in [0.29, 0.717) is 5.56 Å². The van der Waals surface area contributed by atoms with E-state index in [9.17, 15) is 4.79 Å². The quantitative estimate of drug-likeness (QED) is 0.835. The first-order valence-corrected chi connectivity index (χ1v) is 6.04. The Bertz CT molecular complexity index is 529. The van der Waals surface area contributed by atoms with Crippen LogP contribution in [0.5, 0.6) is 0 Å². The molecule has 0 spiro atoms. The Labute approximate surface area is 109 Å². The van der Waals surface area contributed by atoms with Crippen molar-refractivity contribution in [2.24, 2.45) is 0 Å². The second kappa shape index (κ2) is 4.75. The van der Waals surface area contributed by atoms with Crippen molar-refractivity contribution in [2.75, 3.05) is 14.1 Å². The van der Waals surface area contributed by atoms with Crippen LogP contribution in [0, 0.1) is 0 Å². The Morgan fingerprint density at radius 3 is 2.29 bits per heavy atom. The molecule has 17 heavy (non-hydrogen) atoms. The second-order valence-electron chi connectivity index (χ2n) is 3.95. The van der Waals surface area contributed by atoms with Gasteiger partial charge >= 0.3 is 0 Å². The molecule has 3 nitrogen and oxygen atoms in total. The standard InChI is InChI=1S/C13H13BrN2O/c1-15(2)13(17)10-5-7-11(8-6-10)16-9-3-4-12(16)14/h3-9H,1-2H3. The highest BCUT2D eigenvalue weighted by atomic mass is 79.9. The van der Waals surface area contributed by atoms with E-state index in [2.05, 4.69) is 15.9 Å². The molecule has 0 saturated heterocycles. The van der Waals surface area contributed by atoms with Crippen LogP contribution in [0.2, 0.25) is 0 Å². The van der Waals surface area contributed by atoms with Gasteiger partial charge in [0.15, 0.2) is 0 Å². The van der Waals surface area contributed by atoms with Crippen LogP contribution in [0.1, 0.15) is 10.4 Å². The predicted octanol–water partition coefficient (Wildman–Crippen LogP) is 2.94. The van der Waals surface area contributed by atoms with Crippen molar-refractivity contribution in [3.05, 3.63) is 52.8 Å². The van der Waals surface area contributed by atoms with Gasteiger partial charge in [0, 0.05) is 31.5 Å². The number of benzene rings is 1. The van der Waals surface area contributed by atoms with Gasteiger partial charge in [0.05, 0.1) is 4.60 Å². The minimum Gasteiger partial charge on any atom is -0.345 e. The summed E-state index contributed by atoms with van der Waals surface area (Å²) in [5.74, 6) is 0.0168. The Hall–Kier alpha value is -1.55. The third-order valence-electron chi connectivity index (χ3n) is 2.50. The summed E-state index contributed by atoms with van der Waals surface area (Å²) in [4.78, 5) is 13.3. The molecule has 0 aliphatic heterocycles. The van der Waals surface area contributed by atoms with Crippen LogP contribution in [-0.4, -0.2) is 29.5 Å². The fourth-order valence-electron chi connectivity index (χ4n) is 1.59. The zero-order chi connectivity index (χ0) is 12.4. The van der Waals surface area contributed by atoms with Gasteiger partial charge in [0.25, 0.3) is 5.91 Å². The lowest BCUT2D eigenvalue weighted by Gasteiger charge is -2.11. The molecule has 2 aromatic rings. The maximum absolute atomic E-state index is 11.7. The van der Waals surface area contributed by atoms with Gasteiger partial charge in [-0.3, -0.25) is 4.79 Å². The van der Waals surface area contributed by atoms with Crippen LogP contribution >= 0.6 is 15.9 Å². The van der Waals surface area contributed by atoms with Gasteiger partial charge in [-0.1, -0.05) is 0 Å². The van der Waals surface area contributed by atoms with Crippen molar-refractivity contribution in [3.63, 3.8) is 0 Å². The molecular formula is C13H13BrN2O. The topological polar surface area (TPSA) is 25.2 Å². The fourth-order valence-corrected chi connectivity index (χ4v) is 2.07. The molecule has 88 valence electrons. The molecule has 0 aliphatic carbocycles. The first-order valence-electron chi connectivity index (χ1n) is 5.24. The monoisotopic (exact) mass is 292 g/mol. The molecule has 0 saturated carbocycles. The van der Waals surface area contributed by atoms with Gasteiger partial charge in [-0.05, 0) is 52.3 Å². The first-order chi connectivity index (χ1) is 8.09. The van der Waals surface area contributed by atoms with Crippen LogP contribution in [0.25, 0.3) is 5.69 Å². The summed E-state index contributed by atoms with van der Waals surface area (Å²) in [5, 5.41) is 0. The second-order valence-corrected chi connectivity index (χ2v) is 4.76. The summed E-state index contributed by atoms with van der Waals surface area (Å²) in [7, 11) is 3.50. The van der Waals surface area contributed by atoms with Gasteiger partial charge in [0.1, 0.15) is 0 Å². The first kappa shape index (κ1) is 11.9. The average molecular weight is 293 g/mol. The summed E-state index contributed by atoms with van der Waals surface area (Å²) in [6, 6.07) is 11.5. The summed E-state index contributed by atoms with van der Waals surface area (Å²) in [6.07, 6.45) is 1.97. The maximum Gasteiger partial charge on any atom is 0.253 e. The summed E-state index contributed by atoms with van der Waals surface area (Å²) in [6.45, 7) is 0. The minimum atomic E-state index is 0.0168. The van der Waals surface area contributed by atoms with Crippen LogP contribution in [0.4, 0.5) is 0 Å². The average Bonchev–Trinajstić information content (AvgIpc) is 2.74. The fraction of sp³-hybridized carbons (Fsp3) is 0.154. The maximum atomic E-state index is 11.7. The molecule has 0 unspecified atom stereocenters. The molecule has 0 aliphatic rings. The van der Waals surface area contributed by atoms with Crippen molar-refractivity contribution >= 4 is 21.8 Å². The van der Waals surface area contributed by atoms with Gasteiger partial charge in [0.2, 0.25) is 0 Å². The molecule has 1 heterocycles. The van der Waals surface area contributed by atoms with Crippen LogP contribution in [0.3, 0.4) is 0 Å². The highest BCUT2D eigenvalue weighted by Crippen LogP contribution is 2.18. The highest BCUT2D eigenvalue weighted by molar-refractivity contribution is 9.10. The smallest absolute Gasteiger partial charge is 0.253 e. The Kier molecular flexibility index (Phi) is 3.33. The van der Waals surface area contributed by atoms with Crippen LogP contribution < -0.4 is 0 Å². The molecule has 4 heteroatoms. The van der Waals surface area contributed by atoms with E-state index in [4.69, 9.17) is 0 Å². The van der Waals surface area contributed by atoms with Crippen molar-refractivity contribution in [1.29, 1.82) is 0 Å². The molecule has 0 fully saturated rings. The molecule has 1 aromatic heterocycles. The lowest BCUT2D eigenvalue weighted by Crippen LogP contribution is -2.21. The molecule has 0 bridgehead atoms. The van der Waals surface area contributed by atoms with Gasteiger partial charge < -0.3 is 9.47 Å². The lowest BCUT2D eigenvalue weighted by molar-refractivity contribution is 0.0827. The van der Waals surface area contributed by atoms with Crippen molar-refractivity contribution in [2.45, 2.75) is 0 Å². The zero-order valence-electron chi connectivity index (χ0n) is 9.72. The number of rotatable bonds is 2. The predicted molar refractivity (Wildman–Crippen MR) is 71.5 cm³/mol. The van der Waals surface area contributed by atoms with Gasteiger partial charge in [-0.25, -0.2) is 0 Å². The van der Waals surface area contributed by atoms with Gasteiger partial charge in [-0.2, -0.15) is 0 Å². The summed E-state index contributed by atoms with van der Waals surface area (Å²) in [5.41, 5.74) is 1.72. The third kappa shape index (κ3) is 2.42. The van der Waals surface area contributed by atoms with E-state index in [1.54, 1.807) is 19.0 Å². The van der Waals surface area contributed by atoms with E-state index < -0.39 is 0 Å². The van der Waals surface area contributed by atoms with Crippen molar-refractivity contribution in [1.82, 2.24) is 9.47 Å². The third-order valence-corrected chi connectivity index (χ3v) is 3.14. The number of hydrogen-bond acceptors (Lipinski definition) is 1. The molecule has 0 radical (unpaired) electrons. The van der Waals surface area contributed by atoms with Crippen molar-refractivity contribution < 1.29 is 4.79 Å². The number of amides is 1. The van der Waals surface area contributed by atoms with E-state index >= 15 is 0 Å². The van der Waals surface area contributed by atoms with E-state index in [1.807, 2.05) is 47.2 Å². The van der Waals surface area contributed by atoms with Crippen LogP contribution in [-0.2, 0) is 0 Å². The van der Waals surface area contributed by atoms with Crippen LogP contribution in [0.15, 0.2) is 47.2 Å². The lowest BCUT2D eigenvalue weighted by atomic mass is 10.2. The molecule has 0 atom stereocenters. The Balaban J connectivity index is 2.31. The summed E-state index contributed by atoms with van der Waals surface area (Å²) < 4.78 is 2.99. The number of hydrogen-bond donors (Lipinski definition) is 0. The number of carbonyl (C=O) groups is 1. The normalized spacial score (nSPS) is 10.3. The Morgan fingerprint density at radius 1 is 1.18 bits per heavy atom. The SMILES string of the molecule is CN(C)C(=O)c1ccc(-n2cccc2Br)cc1. The van der Waals surface area contributed by atoms with E-state index in [1.165, 1.54) is 0 Å². The largest absolute Gasteiger partial charge is 0.345 e. The van der Waals surface area contributed by atoms with E-state index in [-0.39, 0.29) is 5.91 Å². The minimum absolute atomic E-state index is 0.0168. The van der Waals surface area contributed by atoms with Crippen molar-refractivity contribution in [3.8, 4) is 5.69 Å². The molecule has 0 N–H and O–H groups in total. The Morgan fingerprint density at radius 2 is 1.82 bits per heavy atom. The highest BCUT2D eigenvalue weighted by Gasteiger charge is 2.07. The number of carbonyl (C=O) groups excluding carboxylic acids is 1. The molecule has 2 rings (SSSR count). The summed E-state index contributed by atoms with van der Waals surface area (Å²) >= 11 is 3.46. The number of aromatic nitrogens is 1. The van der Waals surface area contributed by atoms with E-state index in [0.717, 1.165) is 10.3 Å². The molecule has 1 amide bonds. The molecular weight excluding hydrogens is 280 g/mol. The number of halogens is 1. The number of nitrogens with zero attached hydrogens (tertiary/aromatic N) is 2. The zero-order valence-corrected chi connectivity index (χ0v) is 11.3.